The summed E-state index contributed by atoms with van der Waals surface area (Å²) >= 11 is 0. The second kappa shape index (κ2) is 20.5. The van der Waals surface area contributed by atoms with E-state index in [9.17, 15) is 14.7 Å². The first-order chi connectivity index (χ1) is 32.8. The number of hydrogen-bond donors (Lipinski definition) is 2. The van der Waals surface area contributed by atoms with Crippen LogP contribution in [0.4, 0.5) is 11.6 Å². The molecule has 0 saturated carbocycles. The Balaban J connectivity index is 0.000000202. The Labute approximate surface area is 448 Å². The third kappa shape index (κ3) is 10.2. The van der Waals surface area contributed by atoms with Crippen molar-refractivity contribution >= 4 is 41.0 Å². The van der Waals surface area contributed by atoms with Crippen molar-refractivity contribution in [3.8, 4) is 0 Å². The van der Waals surface area contributed by atoms with Gasteiger partial charge in [-0.25, -0.2) is 24.6 Å². The molecule has 3 saturated heterocycles. The summed E-state index contributed by atoms with van der Waals surface area (Å²) in [4.78, 5) is 52.8. The van der Waals surface area contributed by atoms with Gasteiger partial charge in [0.15, 0.2) is 23.5 Å². The number of nitrogens with two attached hydrogens (primary N) is 1. The fourth-order valence-electron chi connectivity index (χ4n) is 11.8. The van der Waals surface area contributed by atoms with Crippen LogP contribution in [0.2, 0.25) is 0 Å². The molecule has 69 heavy (non-hydrogen) atoms. The molecule has 5 aromatic rings. The smallest absolute Gasteiger partial charge is 1.00 e. The number of carbonyl (C=O) groups is 2. The summed E-state index contributed by atoms with van der Waals surface area (Å²) < 4.78 is 19.0. The predicted octanol–water partition coefficient (Wildman–Crippen LogP) is 4.11. The third-order valence-corrected chi connectivity index (χ3v) is 15.2. The van der Waals surface area contributed by atoms with Crippen LogP contribution >= 0.6 is 0 Å². The average molecular weight is 965 g/mol. The number of aliphatic imine (C=N–C) groups is 1. The van der Waals surface area contributed by atoms with Gasteiger partial charge in [0.25, 0.3) is 0 Å². The molecule has 0 bridgehead atoms. The van der Waals surface area contributed by atoms with Gasteiger partial charge in [-0.05, 0) is 112 Å². The first-order valence-electron chi connectivity index (χ1n) is 24.4. The minimum atomic E-state index is -0.517. The van der Waals surface area contributed by atoms with Crippen molar-refractivity contribution in [2.75, 3.05) is 42.6 Å². The molecule has 6 aliphatic rings. The molecule has 0 radical (unpaired) electrons. The topological polar surface area (TPSA) is 196 Å². The number of nitrogens with zero attached hydrogens (tertiary/aromatic N) is 9. The number of esters is 2. The maximum Gasteiger partial charge on any atom is 1.00 e. The number of carbonyl (C=O) groups excluding carboxylic acids is 2. The predicted molar refractivity (Wildman–Crippen MR) is 258 cm³/mol. The molecular weight excluding hydrogens is 900 g/mol. The van der Waals surface area contributed by atoms with Crippen LogP contribution in [0.3, 0.4) is 0 Å². The second-order valence-electron chi connectivity index (χ2n) is 20.6. The molecule has 7 heterocycles. The van der Waals surface area contributed by atoms with Gasteiger partial charge >= 0.3 is 63.3 Å². The van der Waals surface area contributed by atoms with E-state index < -0.39 is 5.60 Å². The van der Waals surface area contributed by atoms with Crippen LogP contribution in [-0.4, -0.2) is 91.4 Å². The van der Waals surface area contributed by atoms with Crippen molar-refractivity contribution in [3.05, 3.63) is 99.8 Å². The van der Waals surface area contributed by atoms with Crippen LogP contribution < -0.4 is 66.9 Å². The Morgan fingerprint density at radius 1 is 0.870 bits per heavy atom. The summed E-state index contributed by atoms with van der Waals surface area (Å²) in [6.45, 7) is 11.7. The first kappa shape index (κ1) is 49.8. The summed E-state index contributed by atoms with van der Waals surface area (Å²) in [5, 5.41) is 14.3. The zero-order valence-electron chi connectivity index (χ0n) is 41.8. The van der Waals surface area contributed by atoms with Gasteiger partial charge in [-0.3, -0.25) is 14.6 Å². The van der Waals surface area contributed by atoms with Crippen LogP contribution in [0.5, 0.6) is 0 Å². The number of hydrogen-bond acceptors (Lipinski definition) is 15. The van der Waals surface area contributed by atoms with Crippen LogP contribution in [0, 0.1) is 10.8 Å². The van der Waals surface area contributed by atoms with Crippen molar-refractivity contribution in [3.63, 3.8) is 0 Å². The van der Waals surface area contributed by atoms with E-state index in [2.05, 4.69) is 73.4 Å². The van der Waals surface area contributed by atoms with Crippen molar-refractivity contribution in [2.45, 2.75) is 135 Å². The third-order valence-electron chi connectivity index (χ3n) is 15.2. The summed E-state index contributed by atoms with van der Waals surface area (Å²) in [6.07, 6.45) is 12.5. The number of fused-ring (bicyclic) bond motifs is 4. The maximum atomic E-state index is 13.1. The second-order valence-corrected chi connectivity index (χ2v) is 20.6. The molecule has 3 atom stereocenters. The van der Waals surface area contributed by atoms with Gasteiger partial charge in [0, 0.05) is 57.9 Å². The minimum Gasteiger partial charge on any atom is -1.00 e. The SMILES string of the molecule is CC(=O)OCc1nc2cnn(C3CCCCO3)c2nc1N1CCC2(CC1)Cc1ccccc1[C@H]2CC(=O)OC(C)(C)C.N[C@@H]1c2ccccc2CC12CCN(c1nc3c(nc1CO)C=NC3)CC2.[H-].[K+]. The molecule has 16 nitrogen and oxygen atoms in total. The maximum absolute atomic E-state index is 13.1. The molecule has 2 spiro atoms. The molecule has 2 aromatic carbocycles. The van der Waals surface area contributed by atoms with E-state index in [0.717, 1.165) is 107 Å². The zero-order valence-corrected chi connectivity index (χ0v) is 43.9. The van der Waals surface area contributed by atoms with Gasteiger partial charge in [-0.1, -0.05) is 48.5 Å². The molecule has 2 aliphatic carbocycles. The quantitative estimate of drug-likeness (QED) is 0.167. The van der Waals surface area contributed by atoms with Crippen molar-refractivity contribution in [1.82, 2.24) is 29.7 Å². The van der Waals surface area contributed by atoms with Crippen LogP contribution in [0.25, 0.3) is 11.2 Å². The largest absolute Gasteiger partial charge is 1.00 e. The Hall–Kier alpha value is -4.20. The van der Waals surface area contributed by atoms with Gasteiger partial charge in [-0.2, -0.15) is 5.10 Å². The fraction of sp³-hybridized carbons (Fsp3) is 0.538. The normalized spacial score (nSPS) is 21.9. The summed E-state index contributed by atoms with van der Waals surface area (Å²) in [5.41, 5.74) is 15.9. The van der Waals surface area contributed by atoms with Crippen molar-refractivity contribution < 1.29 is 81.7 Å². The van der Waals surface area contributed by atoms with Gasteiger partial charge in [0.1, 0.15) is 34.8 Å². The van der Waals surface area contributed by atoms with Crippen LogP contribution in [0.1, 0.15) is 144 Å². The number of aliphatic hydroxyl groups is 1. The van der Waals surface area contributed by atoms with Gasteiger partial charge < -0.3 is 36.3 Å². The Morgan fingerprint density at radius 3 is 2.17 bits per heavy atom. The fourth-order valence-corrected chi connectivity index (χ4v) is 11.8. The minimum absolute atomic E-state index is 0. The van der Waals surface area contributed by atoms with Crippen molar-refractivity contribution in [1.29, 1.82) is 0 Å². The van der Waals surface area contributed by atoms with E-state index in [1.807, 2.05) is 25.5 Å². The molecule has 1 unspecified atom stereocenters. The molecule has 11 rings (SSSR count). The zero-order chi connectivity index (χ0) is 47.2. The number of piperidine rings is 2. The van der Waals surface area contributed by atoms with Gasteiger partial charge in [0.05, 0.1) is 31.5 Å². The number of rotatable bonds is 8. The molecular formula is C52H65KN10O6. The molecule has 3 aromatic heterocycles. The van der Waals surface area contributed by atoms with E-state index in [1.54, 1.807) is 12.4 Å². The van der Waals surface area contributed by atoms with Crippen LogP contribution in [0.15, 0.2) is 59.7 Å². The van der Waals surface area contributed by atoms with Gasteiger partial charge in [0.2, 0.25) is 0 Å². The first-order valence-corrected chi connectivity index (χ1v) is 24.4. The number of aromatic nitrogens is 6. The molecule has 360 valence electrons. The molecule has 4 aliphatic heterocycles. The standard InChI is InChI=1S/C32H41N5O5.C20H23N5O.K.H/c1-21(38)41-20-26-29(35-30-25(34-26)19-33-37(30)27-11-7-8-16-40-27)36-14-12-32(13-15-36)18-22-9-5-6-10-23(22)24(32)17-28(39)42-31(2,3)4;21-18-14-4-2-1-3-13(14)9-20(18)5-7-25(8-6-20)19-17(12-26)23-15-10-22-11-16(15)24-19;;/h5-6,9-10,19,24,27H,7-8,11-18,20H2,1-4H3;1-4,10,18,26H,5-9,11-12,21H2;;/q;;+1;-1/t24-,27?;18-;;/m11../s1. The van der Waals surface area contributed by atoms with E-state index in [0.29, 0.717) is 42.1 Å². The van der Waals surface area contributed by atoms with Gasteiger partial charge in [-0.15, -0.1) is 0 Å². The molecule has 3 N–H and O–H groups in total. The Kier molecular flexibility index (Phi) is 14.8. The Bertz CT molecular complexity index is 2720. The monoisotopic (exact) mass is 964 g/mol. The summed E-state index contributed by atoms with van der Waals surface area (Å²) in [7, 11) is 0. The van der Waals surface area contributed by atoms with E-state index in [-0.39, 0.29) is 107 Å². The van der Waals surface area contributed by atoms with E-state index in [4.69, 9.17) is 34.9 Å². The molecule has 17 heteroatoms. The van der Waals surface area contributed by atoms with Crippen molar-refractivity contribution in [2.24, 2.45) is 21.6 Å². The number of anilines is 2. The van der Waals surface area contributed by atoms with Crippen LogP contribution in [-0.2, 0) is 56.4 Å². The number of ether oxygens (including phenoxy) is 3. The van der Waals surface area contributed by atoms with E-state index in [1.165, 1.54) is 29.2 Å². The van der Waals surface area contributed by atoms with E-state index >= 15 is 0 Å². The molecule has 0 amide bonds. The summed E-state index contributed by atoms with van der Waals surface area (Å²) in [6, 6.07) is 17.2. The number of aliphatic hydroxyl groups excluding tert-OH is 1. The summed E-state index contributed by atoms with van der Waals surface area (Å²) in [5.74, 6) is 1.13. The molecule has 3 fully saturated rings. The average Bonchev–Trinajstić information content (AvgIpc) is 4.11. The Morgan fingerprint density at radius 2 is 1.52 bits per heavy atom. The number of benzene rings is 2.